The SMILES string of the molecule is CC1CCCC1N1C(=O)C(c2ccccc2)NC1C. The Morgan fingerprint density at radius 1 is 1.16 bits per heavy atom. The molecule has 102 valence electrons. The molecule has 2 fully saturated rings. The van der Waals surface area contributed by atoms with Gasteiger partial charge in [-0.25, -0.2) is 0 Å². The lowest BCUT2D eigenvalue weighted by Crippen LogP contribution is -2.44. The van der Waals surface area contributed by atoms with E-state index in [1.165, 1.54) is 12.8 Å². The average Bonchev–Trinajstić information content (AvgIpc) is 2.95. The summed E-state index contributed by atoms with van der Waals surface area (Å²) in [6.07, 6.45) is 3.79. The number of rotatable bonds is 2. The number of carbonyl (C=O) groups is 1. The van der Waals surface area contributed by atoms with Crippen molar-refractivity contribution in [1.82, 2.24) is 10.2 Å². The maximum Gasteiger partial charge on any atom is 0.245 e. The molecule has 4 unspecified atom stereocenters. The Bertz CT molecular complexity index is 459. The molecule has 4 atom stereocenters. The number of nitrogens with one attached hydrogen (secondary N) is 1. The number of benzene rings is 1. The second-order valence-corrected chi connectivity index (χ2v) is 5.91. The molecule has 3 heteroatoms. The second kappa shape index (κ2) is 4.97. The molecule has 0 spiro atoms. The fourth-order valence-electron chi connectivity index (χ4n) is 3.61. The molecule has 0 bridgehead atoms. The van der Waals surface area contributed by atoms with Gasteiger partial charge in [0.15, 0.2) is 0 Å². The molecule has 0 radical (unpaired) electrons. The Balaban J connectivity index is 1.83. The van der Waals surface area contributed by atoms with Gasteiger partial charge < -0.3 is 4.90 Å². The lowest BCUT2D eigenvalue weighted by molar-refractivity contribution is -0.132. The molecular weight excluding hydrogens is 236 g/mol. The van der Waals surface area contributed by atoms with Gasteiger partial charge >= 0.3 is 0 Å². The topological polar surface area (TPSA) is 32.3 Å². The van der Waals surface area contributed by atoms with E-state index in [0.717, 1.165) is 12.0 Å². The standard InChI is InChI=1S/C16H22N2O/c1-11-7-6-10-14(11)18-12(2)17-15(16(18)19)13-8-4-3-5-9-13/h3-5,8-9,11-12,14-15,17H,6-7,10H2,1-2H3. The molecule has 2 aliphatic rings. The maximum absolute atomic E-state index is 12.7. The first kappa shape index (κ1) is 12.7. The first-order chi connectivity index (χ1) is 9.18. The van der Waals surface area contributed by atoms with Crippen molar-refractivity contribution in [3.8, 4) is 0 Å². The third-order valence-corrected chi connectivity index (χ3v) is 4.63. The summed E-state index contributed by atoms with van der Waals surface area (Å²) in [5, 5.41) is 3.44. The predicted octanol–water partition coefficient (Wildman–Crippen LogP) is 2.69. The van der Waals surface area contributed by atoms with Gasteiger partial charge in [-0.1, -0.05) is 43.7 Å². The lowest BCUT2D eigenvalue weighted by Gasteiger charge is -2.31. The minimum absolute atomic E-state index is 0.142. The molecule has 0 aromatic heterocycles. The van der Waals surface area contributed by atoms with Gasteiger partial charge in [0.05, 0.1) is 6.17 Å². The van der Waals surface area contributed by atoms with Crippen LogP contribution in [-0.4, -0.2) is 23.0 Å². The van der Waals surface area contributed by atoms with Crippen molar-refractivity contribution in [2.24, 2.45) is 5.92 Å². The smallest absolute Gasteiger partial charge is 0.245 e. The van der Waals surface area contributed by atoms with Crippen LogP contribution in [0.1, 0.15) is 44.7 Å². The summed E-state index contributed by atoms with van der Waals surface area (Å²) >= 11 is 0. The van der Waals surface area contributed by atoms with Crippen LogP contribution in [0.15, 0.2) is 30.3 Å². The Morgan fingerprint density at radius 3 is 2.53 bits per heavy atom. The molecule has 1 aliphatic heterocycles. The van der Waals surface area contributed by atoms with Gasteiger partial charge in [-0.2, -0.15) is 0 Å². The van der Waals surface area contributed by atoms with Gasteiger partial charge in [0, 0.05) is 6.04 Å². The molecule has 1 N–H and O–H groups in total. The van der Waals surface area contributed by atoms with Gasteiger partial charge in [0.1, 0.15) is 6.04 Å². The Hall–Kier alpha value is -1.35. The molecule has 3 nitrogen and oxygen atoms in total. The average molecular weight is 258 g/mol. The Kier molecular flexibility index (Phi) is 3.31. The summed E-state index contributed by atoms with van der Waals surface area (Å²) in [4.78, 5) is 14.8. The van der Waals surface area contributed by atoms with Crippen molar-refractivity contribution in [1.29, 1.82) is 0 Å². The number of nitrogens with zero attached hydrogens (tertiary/aromatic N) is 1. The van der Waals surface area contributed by atoms with Crippen LogP contribution in [0, 0.1) is 5.92 Å². The first-order valence-corrected chi connectivity index (χ1v) is 7.31. The van der Waals surface area contributed by atoms with E-state index in [1.54, 1.807) is 0 Å². The summed E-state index contributed by atoms with van der Waals surface area (Å²) in [5.74, 6) is 0.875. The van der Waals surface area contributed by atoms with E-state index in [0.29, 0.717) is 12.0 Å². The molecule has 1 aromatic carbocycles. The van der Waals surface area contributed by atoms with Crippen LogP contribution in [0.5, 0.6) is 0 Å². The molecule has 1 aliphatic carbocycles. The van der Waals surface area contributed by atoms with Crippen molar-refractivity contribution >= 4 is 5.91 Å². The van der Waals surface area contributed by atoms with Crippen LogP contribution in [-0.2, 0) is 4.79 Å². The largest absolute Gasteiger partial charge is 0.323 e. The van der Waals surface area contributed by atoms with Crippen LogP contribution < -0.4 is 5.32 Å². The number of hydrogen-bond donors (Lipinski definition) is 1. The number of amides is 1. The zero-order valence-electron chi connectivity index (χ0n) is 11.7. The maximum atomic E-state index is 12.7. The van der Waals surface area contributed by atoms with E-state index in [4.69, 9.17) is 0 Å². The lowest BCUT2D eigenvalue weighted by atomic mass is 10.0. The van der Waals surface area contributed by atoms with Gasteiger partial charge in [-0.15, -0.1) is 0 Å². The quantitative estimate of drug-likeness (QED) is 0.884. The van der Waals surface area contributed by atoms with Crippen LogP contribution >= 0.6 is 0 Å². The fraction of sp³-hybridized carbons (Fsp3) is 0.562. The molecule has 19 heavy (non-hydrogen) atoms. The van der Waals surface area contributed by atoms with Crippen molar-refractivity contribution < 1.29 is 4.79 Å². The highest BCUT2D eigenvalue weighted by Crippen LogP contribution is 2.35. The van der Waals surface area contributed by atoms with Crippen molar-refractivity contribution in [3.05, 3.63) is 35.9 Å². The predicted molar refractivity (Wildman–Crippen MR) is 75.4 cm³/mol. The molecule has 1 aromatic rings. The van der Waals surface area contributed by atoms with Crippen molar-refractivity contribution in [2.45, 2.75) is 51.4 Å². The normalized spacial score (nSPS) is 35.1. The van der Waals surface area contributed by atoms with Crippen LogP contribution in [0.4, 0.5) is 0 Å². The van der Waals surface area contributed by atoms with Crippen LogP contribution in [0.3, 0.4) is 0 Å². The molecule has 1 saturated carbocycles. The molecular formula is C16H22N2O. The first-order valence-electron chi connectivity index (χ1n) is 7.31. The third-order valence-electron chi connectivity index (χ3n) is 4.63. The zero-order chi connectivity index (χ0) is 13.4. The van der Waals surface area contributed by atoms with Crippen molar-refractivity contribution in [3.63, 3.8) is 0 Å². The van der Waals surface area contributed by atoms with E-state index in [9.17, 15) is 4.79 Å². The molecule has 3 rings (SSSR count). The highest BCUT2D eigenvalue weighted by molar-refractivity contribution is 5.86. The minimum Gasteiger partial charge on any atom is -0.323 e. The highest BCUT2D eigenvalue weighted by Gasteiger charge is 2.43. The number of carbonyl (C=O) groups excluding carboxylic acids is 1. The second-order valence-electron chi connectivity index (χ2n) is 5.91. The zero-order valence-corrected chi connectivity index (χ0v) is 11.7. The third kappa shape index (κ3) is 2.16. The van der Waals surface area contributed by atoms with Crippen molar-refractivity contribution in [2.75, 3.05) is 0 Å². The molecule has 1 amide bonds. The minimum atomic E-state index is -0.163. The monoisotopic (exact) mass is 258 g/mol. The van der Waals surface area contributed by atoms with Gasteiger partial charge in [-0.3, -0.25) is 10.1 Å². The highest BCUT2D eigenvalue weighted by atomic mass is 16.2. The summed E-state index contributed by atoms with van der Waals surface area (Å²) in [6, 6.07) is 10.3. The van der Waals surface area contributed by atoms with Gasteiger partial charge in [-0.05, 0) is 31.2 Å². The van der Waals surface area contributed by atoms with E-state index in [1.807, 2.05) is 30.3 Å². The summed E-state index contributed by atoms with van der Waals surface area (Å²) in [7, 11) is 0. The Morgan fingerprint density at radius 2 is 1.89 bits per heavy atom. The fourth-order valence-corrected chi connectivity index (χ4v) is 3.61. The summed E-state index contributed by atoms with van der Waals surface area (Å²) in [6.45, 7) is 4.37. The Labute approximate surface area is 115 Å². The number of hydrogen-bond acceptors (Lipinski definition) is 2. The molecule has 1 saturated heterocycles. The van der Waals surface area contributed by atoms with E-state index in [2.05, 4.69) is 24.1 Å². The van der Waals surface area contributed by atoms with Gasteiger partial charge in [0.2, 0.25) is 5.91 Å². The summed E-state index contributed by atoms with van der Waals surface area (Å²) in [5.41, 5.74) is 1.08. The van der Waals surface area contributed by atoms with Crippen LogP contribution in [0.25, 0.3) is 0 Å². The van der Waals surface area contributed by atoms with E-state index < -0.39 is 0 Å². The van der Waals surface area contributed by atoms with E-state index >= 15 is 0 Å². The van der Waals surface area contributed by atoms with Crippen LogP contribution in [0.2, 0.25) is 0 Å². The molecule has 1 heterocycles. The summed E-state index contributed by atoms with van der Waals surface area (Å²) < 4.78 is 0. The van der Waals surface area contributed by atoms with Gasteiger partial charge in [0.25, 0.3) is 0 Å². The van der Waals surface area contributed by atoms with E-state index in [-0.39, 0.29) is 18.1 Å².